The standard InChI is InChI=1S/C16H17NO2/c1-10-5-7-15-13(9-10)11(6-8-16(18)19)12-3-2-4-14(12)17-15/h5,7,9H,2-4,6,8H2,1H3,(H,18,19). The van der Waals surface area contributed by atoms with Crippen LogP contribution in [0.2, 0.25) is 0 Å². The summed E-state index contributed by atoms with van der Waals surface area (Å²) in [6, 6.07) is 6.32. The Hall–Kier alpha value is -1.90. The minimum absolute atomic E-state index is 0.0967. The molecule has 3 heteroatoms. The Morgan fingerprint density at radius 2 is 2.21 bits per heavy atom. The highest BCUT2D eigenvalue weighted by atomic mass is 16.4. The maximum absolute atomic E-state index is 10.8. The van der Waals surface area contributed by atoms with Crippen molar-refractivity contribution in [1.82, 2.24) is 0 Å². The minimum atomic E-state index is -0.972. The number of nitrogens with one attached hydrogen (secondary N) is 1. The predicted octanol–water partition coefficient (Wildman–Crippen LogP) is 1.13. The maximum atomic E-state index is 10.8. The summed E-state index contributed by atoms with van der Waals surface area (Å²) in [6.07, 6.45) is 3.94. The van der Waals surface area contributed by atoms with Gasteiger partial charge in [-0.3, -0.25) is 0 Å². The van der Waals surface area contributed by atoms with Gasteiger partial charge in [-0.1, -0.05) is 11.6 Å². The molecule has 1 aliphatic rings. The molecule has 0 saturated heterocycles. The molecular formula is C16H17NO2. The van der Waals surface area contributed by atoms with Gasteiger partial charge in [0.1, 0.15) is 0 Å². The van der Waals surface area contributed by atoms with Crippen molar-refractivity contribution in [3.05, 3.63) is 40.6 Å². The van der Waals surface area contributed by atoms with Crippen molar-refractivity contribution in [2.45, 2.75) is 39.0 Å². The van der Waals surface area contributed by atoms with Crippen molar-refractivity contribution < 1.29 is 14.9 Å². The number of aryl methyl sites for hydroxylation is 3. The van der Waals surface area contributed by atoms with Crippen molar-refractivity contribution in [3.63, 3.8) is 0 Å². The van der Waals surface area contributed by atoms with Crippen molar-refractivity contribution >= 4 is 16.9 Å². The lowest BCUT2D eigenvalue weighted by Crippen LogP contribution is -2.23. The predicted molar refractivity (Wildman–Crippen MR) is 70.6 cm³/mol. The second kappa shape index (κ2) is 4.65. The van der Waals surface area contributed by atoms with E-state index in [1.807, 2.05) is 0 Å². The molecule has 19 heavy (non-hydrogen) atoms. The SMILES string of the molecule is Cc1ccc2[nH+]c3c(c(CCC(=O)[O-])c2c1)CCC3. The topological polar surface area (TPSA) is 54.3 Å². The van der Waals surface area contributed by atoms with Crippen molar-refractivity contribution in [2.75, 3.05) is 0 Å². The van der Waals surface area contributed by atoms with Gasteiger partial charge in [0.25, 0.3) is 0 Å². The zero-order valence-corrected chi connectivity index (χ0v) is 11.1. The van der Waals surface area contributed by atoms with Crippen LogP contribution >= 0.6 is 0 Å². The summed E-state index contributed by atoms with van der Waals surface area (Å²) in [5.41, 5.74) is 6.13. The summed E-state index contributed by atoms with van der Waals surface area (Å²) in [4.78, 5) is 14.3. The third-order valence-corrected chi connectivity index (χ3v) is 3.95. The van der Waals surface area contributed by atoms with Crippen LogP contribution in [0, 0.1) is 6.92 Å². The number of aromatic amines is 1. The molecule has 98 valence electrons. The number of carbonyl (C=O) groups is 1. The fourth-order valence-corrected chi connectivity index (χ4v) is 3.07. The van der Waals surface area contributed by atoms with E-state index in [2.05, 4.69) is 30.1 Å². The Bertz CT molecular complexity index is 661. The molecule has 2 aromatic rings. The second-order valence-corrected chi connectivity index (χ2v) is 5.34. The van der Waals surface area contributed by atoms with Crippen molar-refractivity contribution in [2.24, 2.45) is 0 Å². The van der Waals surface area contributed by atoms with Crippen LogP contribution in [0.5, 0.6) is 0 Å². The number of aromatic nitrogens is 1. The third-order valence-electron chi connectivity index (χ3n) is 3.95. The van der Waals surface area contributed by atoms with E-state index in [4.69, 9.17) is 0 Å². The molecule has 1 heterocycles. The van der Waals surface area contributed by atoms with E-state index in [0.29, 0.717) is 6.42 Å². The quantitative estimate of drug-likeness (QED) is 0.825. The van der Waals surface area contributed by atoms with Crippen molar-refractivity contribution in [1.29, 1.82) is 0 Å². The van der Waals surface area contributed by atoms with E-state index < -0.39 is 5.97 Å². The van der Waals surface area contributed by atoms with Crippen LogP contribution in [0.25, 0.3) is 10.9 Å². The number of carboxylic acid groups (broad SMARTS) is 1. The van der Waals surface area contributed by atoms with Crippen LogP contribution < -0.4 is 10.1 Å². The highest BCUT2D eigenvalue weighted by Gasteiger charge is 2.24. The molecular weight excluding hydrogens is 238 g/mol. The molecule has 0 fully saturated rings. The summed E-state index contributed by atoms with van der Waals surface area (Å²) in [5.74, 6) is -0.972. The molecule has 1 aromatic carbocycles. The maximum Gasteiger partial charge on any atom is 0.211 e. The van der Waals surface area contributed by atoms with Crippen LogP contribution in [0.15, 0.2) is 18.2 Å². The lowest BCUT2D eigenvalue weighted by atomic mass is 9.96. The van der Waals surface area contributed by atoms with Crippen LogP contribution in [-0.4, -0.2) is 5.97 Å². The van der Waals surface area contributed by atoms with E-state index in [1.165, 1.54) is 27.8 Å². The largest absolute Gasteiger partial charge is 0.550 e. The molecule has 1 aromatic heterocycles. The molecule has 0 aliphatic heterocycles. The summed E-state index contributed by atoms with van der Waals surface area (Å²) in [6.45, 7) is 2.06. The zero-order valence-electron chi connectivity index (χ0n) is 11.1. The average Bonchev–Trinajstić information content (AvgIpc) is 2.82. The smallest absolute Gasteiger partial charge is 0.211 e. The Labute approximate surface area is 112 Å². The first-order valence-corrected chi connectivity index (χ1v) is 6.81. The summed E-state index contributed by atoms with van der Waals surface area (Å²) in [7, 11) is 0. The molecule has 0 bridgehead atoms. The normalized spacial score (nSPS) is 13.7. The van der Waals surface area contributed by atoms with Gasteiger partial charge in [0, 0.05) is 24.0 Å². The zero-order chi connectivity index (χ0) is 13.4. The summed E-state index contributed by atoms with van der Waals surface area (Å²) >= 11 is 0. The number of pyridine rings is 1. The molecule has 0 spiro atoms. The first-order valence-electron chi connectivity index (χ1n) is 6.81. The lowest BCUT2D eigenvalue weighted by molar-refractivity contribution is -0.357. The number of benzene rings is 1. The minimum Gasteiger partial charge on any atom is -0.550 e. The van der Waals surface area contributed by atoms with E-state index in [1.54, 1.807) is 0 Å². The Kier molecular flexibility index (Phi) is 2.97. The van der Waals surface area contributed by atoms with Gasteiger partial charge in [-0.2, -0.15) is 0 Å². The van der Waals surface area contributed by atoms with Crippen LogP contribution in [0.1, 0.15) is 35.2 Å². The molecule has 0 radical (unpaired) electrons. The Morgan fingerprint density at radius 3 is 3.00 bits per heavy atom. The molecule has 3 nitrogen and oxygen atoms in total. The number of hydrogen-bond acceptors (Lipinski definition) is 2. The number of fused-ring (bicyclic) bond motifs is 2. The van der Waals surface area contributed by atoms with Gasteiger partial charge in [-0.05, 0) is 44.2 Å². The Balaban J connectivity index is 2.19. The first kappa shape index (κ1) is 12.2. The van der Waals surface area contributed by atoms with Gasteiger partial charge >= 0.3 is 0 Å². The number of carboxylic acids is 1. The van der Waals surface area contributed by atoms with E-state index in [9.17, 15) is 9.90 Å². The van der Waals surface area contributed by atoms with Crippen LogP contribution in [0.4, 0.5) is 0 Å². The number of H-pyrrole nitrogens is 1. The number of carbonyl (C=O) groups excluding carboxylic acids is 1. The second-order valence-electron chi connectivity index (χ2n) is 5.34. The fraction of sp³-hybridized carbons (Fsp3) is 0.375. The van der Waals surface area contributed by atoms with E-state index in [0.717, 1.165) is 24.8 Å². The van der Waals surface area contributed by atoms with Gasteiger partial charge < -0.3 is 9.90 Å². The molecule has 0 amide bonds. The molecule has 0 saturated carbocycles. The van der Waals surface area contributed by atoms with Gasteiger partial charge in [0.2, 0.25) is 5.52 Å². The monoisotopic (exact) mass is 255 g/mol. The summed E-state index contributed by atoms with van der Waals surface area (Å²) < 4.78 is 0. The average molecular weight is 255 g/mol. The number of aliphatic carboxylic acids is 1. The van der Waals surface area contributed by atoms with Crippen LogP contribution in [-0.2, 0) is 24.1 Å². The molecule has 1 aliphatic carbocycles. The number of rotatable bonds is 3. The van der Waals surface area contributed by atoms with Crippen molar-refractivity contribution in [3.8, 4) is 0 Å². The van der Waals surface area contributed by atoms with Gasteiger partial charge in [0.05, 0.1) is 5.39 Å². The summed E-state index contributed by atoms with van der Waals surface area (Å²) in [5, 5.41) is 11.9. The molecule has 0 atom stereocenters. The lowest BCUT2D eigenvalue weighted by Gasteiger charge is -2.10. The highest BCUT2D eigenvalue weighted by molar-refractivity contribution is 5.82. The van der Waals surface area contributed by atoms with E-state index in [-0.39, 0.29) is 6.42 Å². The first-order chi connectivity index (χ1) is 9.15. The highest BCUT2D eigenvalue weighted by Crippen LogP contribution is 2.29. The Morgan fingerprint density at radius 1 is 1.37 bits per heavy atom. The molecule has 3 rings (SSSR count). The fourth-order valence-electron chi connectivity index (χ4n) is 3.07. The van der Waals surface area contributed by atoms with Gasteiger partial charge in [-0.15, -0.1) is 0 Å². The van der Waals surface area contributed by atoms with Gasteiger partial charge in [-0.25, -0.2) is 4.98 Å². The molecule has 1 N–H and O–H groups in total. The third kappa shape index (κ3) is 2.21. The van der Waals surface area contributed by atoms with E-state index >= 15 is 0 Å². The van der Waals surface area contributed by atoms with Crippen LogP contribution in [0.3, 0.4) is 0 Å². The van der Waals surface area contributed by atoms with Gasteiger partial charge in [0.15, 0.2) is 5.69 Å². The number of hydrogen-bond donors (Lipinski definition) is 0. The molecule has 0 unspecified atom stereocenters.